The Labute approximate surface area is 141 Å². The lowest BCUT2D eigenvalue weighted by atomic mass is 10.2. The van der Waals surface area contributed by atoms with Gasteiger partial charge in [0.2, 0.25) is 0 Å². The molecule has 124 valence electrons. The van der Waals surface area contributed by atoms with E-state index in [1.807, 2.05) is 18.2 Å². The Morgan fingerprint density at radius 2 is 2.00 bits per heavy atom. The lowest BCUT2D eigenvalue weighted by molar-refractivity contribution is 0.303. The van der Waals surface area contributed by atoms with Crippen LogP contribution in [0.15, 0.2) is 53.6 Å². The third-order valence-corrected chi connectivity index (χ3v) is 4.57. The third kappa shape index (κ3) is 3.38. The lowest BCUT2D eigenvalue weighted by Gasteiger charge is -2.11. The van der Waals surface area contributed by atoms with Gasteiger partial charge in [0.05, 0.1) is 12.6 Å². The fraction of sp³-hybridized carbons (Fsp3) is 0.167. The van der Waals surface area contributed by atoms with Crippen LogP contribution in [0.4, 0.5) is 4.39 Å². The van der Waals surface area contributed by atoms with Gasteiger partial charge in [-0.05, 0) is 30.3 Å². The summed E-state index contributed by atoms with van der Waals surface area (Å²) in [6.07, 6.45) is 3.15. The van der Waals surface area contributed by atoms with E-state index in [1.54, 1.807) is 31.5 Å². The molecule has 1 aromatic heterocycles. The minimum absolute atomic E-state index is 0.0770. The van der Waals surface area contributed by atoms with Crippen LogP contribution in [0.25, 0.3) is 10.9 Å². The summed E-state index contributed by atoms with van der Waals surface area (Å²) in [4.78, 5) is 4.74. The Kier molecular flexibility index (Phi) is 4.76. The molecule has 1 atom stereocenters. The number of fused-ring (bicyclic) bond motifs is 1. The maximum atomic E-state index is 14.1. The Morgan fingerprint density at radius 3 is 2.71 bits per heavy atom. The Bertz CT molecular complexity index is 914. The molecule has 0 radical (unpaired) electrons. The van der Waals surface area contributed by atoms with Gasteiger partial charge in [-0.25, -0.2) is 4.39 Å². The van der Waals surface area contributed by atoms with Crippen LogP contribution in [0.2, 0.25) is 0 Å². The van der Waals surface area contributed by atoms with Gasteiger partial charge >= 0.3 is 0 Å². The van der Waals surface area contributed by atoms with Crippen molar-refractivity contribution in [3.05, 3.63) is 60.0 Å². The van der Waals surface area contributed by atoms with Crippen LogP contribution < -0.4 is 9.47 Å². The summed E-state index contributed by atoms with van der Waals surface area (Å²) in [5, 5.41) is 0.824. The quantitative estimate of drug-likeness (QED) is 0.707. The molecule has 0 aliphatic heterocycles. The first-order valence-corrected chi connectivity index (χ1v) is 8.81. The zero-order chi connectivity index (χ0) is 17.1. The van der Waals surface area contributed by atoms with Crippen LogP contribution in [0, 0.1) is 5.82 Å². The molecular formula is C18H16FNO3S. The molecule has 0 aliphatic rings. The Hall–Kier alpha value is -2.47. The van der Waals surface area contributed by atoms with E-state index in [2.05, 4.69) is 4.98 Å². The molecule has 0 N–H and O–H groups in total. The van der Waals surface area contributed by atoms with Gasteiger partial charge in [-0.15, -0.1) is 0 Å². The monoisotopic (exact) mass is 345 g/mol. The number of benzene rings is 2. The number of pyridine rings is 1. The largest absolute Gasteiger partial charge is 0.497 e. The van der Waals surface area contributed by atoms with Crippen molar-refractivity contribution in [3.8, 4) is 11.5 Å². The summed E-state index contributed by atoms with van der Waals surface area (Å²) in [5.74, 6) is 0.897. The lowest BCUT2D eigenvalue weighted by Crippen LogP contribution is -2.01. The standard InChI is InChI=1S/C18H16FNO3S/c1-22-13-4-6-15-17(9-13)20-8-7-18(15)23-11-12-3-5-14(24(2)21)10-16(12)19/h3-10H,11H2,1-2H3. The van der Waals surface area contributed by atoms with Gasteiger partial charge in [0.1, 0.15) is 23.9 Å². The number of hydrogen-bond acceptors (Lipinski definition) is 4. The maximum Gasteiger partial charge on any atom is 0.131 e. The van der Waals surface area contributed by atoms with Crippen molar-refractivity contribution in [2.75, 3.05) is 13.4 Å². The molecule has 0 amide bonds. The highest BCUT2D eigenvalue weighted by Gasteiger charge is 2.09. The van der Waals surface area contributed by atoms with Crippen molar-refractivity contribution in [2.45, 2.75) is 11.5 Å². The van der Waals surface area contributed by atoms with Crippen molar-refractivity contribution in [3.63, 3.8) is 0 Å². The Morgan fingerprint density at radius 1 is 1.17 bits per heavy atom. The van der Waals surface area contributed by atoms with Gasteiger partial charge in [0.15, 0.2) is 0 Å². The van der Waals surface area contributed by atoms with E-state index < -0.39 is 16.6 Å². The van der Waals surface area contributed by atoms with Crippen LogP contribution in [-0.2, 0) is 17.4 Å². The Balaban J connectivity index is 1.84. The molecule has 0 saturated carbocycles. The molecule has 0 saturated heterocycles. The zero-order valence-corrected chi connectivity index (χ0v) is 14.1. The smallest absolute Gasteiger partial charge is 0.131 e. The van der Waals surface area contributed by atoms with Crippen LogP contribution >= 0.6 is 0 Å². The maximum absolute atomic E-state index is 14.1. The zero-order valence-electron chi connectivity index (χ0n) is 13.3. The second-order valence-electron chi connectivity index (χ2n) is 5.19. The van der Waals surface area contributed by atoms with Gasteiger partial charge in [0.25, 0.3) is 0 Å². The number of ether oxygens (including phenoxy) is 2. The van der Waals surface area contributed by atoms with Crippen molar-refractivity contribution in [2.24, 2.45) is 0 Å². The molecule has 0 aliphatic carbocycles. The van der Waals surface area contributed by atoms with Crippen molar-refractivity contribution >= 4 is 21.7 Å². The van der Waals surface area contributed by atoms with Crippen molar-refractivity contribution in [1.29, 1.82) is 0 Å². The minimum Gasteiger partial charge on any atom is -0.497 e. The molecule has 24 heavy (non-hydrogen) atoms. The van der Waals surface area contributed by atoms with Gasteiger partial charge in [-0.2, -0.15) is 0 Å². The highest BCUT2D eigenvalue weighted by Crippen LogP contribution is 2.28. The topological polar surface area (TPSA) is 48.4 Å². The van der Waals surface area contributed by atoms with E-state index >= 15 is 0 Å². The summed E-state index contributed by atoms with van der Waals surface area (Å²) >= 11 is 0. The number of aromatic nitrogens is 1. The van der Waals surface area contributed by atoms with E-state index in [9.17, 15) is 8.60 Å². The SMILES string of the molecule is COc1ccc2c(OCc3ccc(S(C)=O)cc3F)ccnc2c1. The number of hydrogen-bond donors (Lipinski definition) is 0. The summed E-state index contributed by atoms with van der Waals surface area (Å²) in [7, 11) is 0.384. The summed E-state index contributed by atoms with van der Waals surface area (Å²) < 4.78 is 36.4. The molecule has 3 aromatic rings. The predicted octanol–water partition coefficient (Wildman–Crippen LogP) is 3.70. The van der Waals surface area contributed by atoms with Gasteiger partial charge in [-0.1, -0.05) is 6.07 Å². The van der Waals surface area contributed by atoms with E-state index in [0.717, 1.165) is 10.9 Å². The summed E-state index contributed by atoms with van der Waals surface area (Å²) in [6.45, 7) is 0.0770. The molecule has 1 heterocycles. The third-order valence-electron chi connectivity index (χ3n) is 3.65. The van der Waals surface area contributed by atoms with E-state index in [4.69, 9.17) is 9.47 Å². The molecule has 4 nitrogen and oxygen atoms in total. The van der Waals surface area contributed by atoms with Gasteiger partial charge in [-0.3, -0.25) is 9.19 Å². The number of methoxy groups -OCH3 is 1. The second kappa shape index (κ2) is 6.97. The normalized spacial score (nSPS) is 12.1. The average molecular weight is 345 g/mol. The van der Waals surface area contributed by atoms with E-state index in [1.165, 1.54) is 12.3 Å². The molecule has 2 aromatic carbocycles. The van der Waals surface area contributed by atoms with Crippen molar-refractivity contribution in [1.82, 2.24) is 4.98 Å². The number of rotatable bonds is 5. The highest BCUT2D eigenvalue weighted by atomic mass is 32.2. The average Bonchev–Trinajstić information content (AvgIpc) is 2.59. The molecule has 3 rings (SSSR count). The van der Waals surface area contributed by atoms with Gasteiger partial charge < -0.3 is 9.47 Å². The highest BCUT2D eigenvalue weighted by molar-refractivity contribution is 7.84. The molecule has 0 bridgehead atoms. The van der Waals surface area contributed by atoms with Crippen LogP contribution in [0.5, 0.6) is 11.5 Å². The van der Waals surface area contributed by atoms with Crippen LogP contribution in [-0.4, -0.2) is 22.6 Å². The summed E-state index contributed by atoms with van der Waals surface area (Å²) in [6, 6.07) is 11.8. The first-order chi connectivity index (χ1) is 11.6. The number of nitrogens with zero attached hydrogens (tertiary/aromatic N) is 1. The first kappa shape index (κ1) is 16.4. The fourth-order valence-corrected chi connectivity index (χ4v) is 2.86. The molecule has 1 unspecified atom stereocenters. The minimum atomic E-state index is -1.21. The van der Waals surface area contributed by atoms with Gasteiger partial charge in [0, 0.05) is 45.2 Å². The summed E-state index contributed by atoms with van der Waals surface area (Å²) in [5.41, 5.74) is 1.15. The van der Waals surface area contributed by atoms with Crippen molar-refractivity contribution < 1.29 is 18.1 Å². The van der Waals surface area contributed by atoms with E-state index in [0.29, 0.717) is 22.0 Å². The first-order valence-electron chi connectivity index (χ1n) is 7.26. The van der Waals surface area contributed by atoms with Crippen LogP contribution in [0.1, 0.15) is 5.56 Å². The molecule has 6 heteroatoms. The molecule has 0 spiro atoms. The fourth-order valence-electron chi connectivity index (χ4n) is 2.33. The molecule has 0 fully saturated rings. The molecular weight excluding hydrogens is 329 g/mol. The predicted molar refractivity (Wildman–Crippen MR) is 91.4 cm³/mol. The van der Waals surface area contributed by atoms with Crippen LogP contribution in [0.3, 0.4) is 0 Å². The second-order valence-corrected chi connectivity index (χ2v) is 6.57. The number of halogens is 1. The van der Waals surface area contributed by atoms with E-state index in [-0.39, 0.29) is 6.61 Å².